The molecular formula is C13H15ClN4OS. The highest BCUT2D eigenvalue weighted by Crippen LogP contribution is 2.29. The second-order valence-electron chi connectivity index (χ2n) is 4.88. The maximum Gasteiger partial charge on any atom is 0.343 e. The number of rotatable bonds is 5. The van der Waals surface area contributed by atoms with Gasteiger partial charge in [0.25, 0.3) is 0 Å². The third kappa shape index (κ3) is 3.08. The van der Waals surface area contributed by atoms with E-state index in [0.29, 0.717) is 11.2 Å². The Hall–Kier alpha value is -1.24. The van der Waals surface area contributed by atoms with E-state index >= 15 is 0 Å². The second kappa shape index (κ2) is 5.63. The van der Waals surface area contributed by atoms with Crippen LogP contribution in [-0.2, 0) is 13.6 Å². The molecule has 0 amide bonds. The number of hydrogen-bond acceptors (Lipinski definition) is 4. The van der Waals surface area contributed by atoms with Crippen molar-refractivity contribution in [2.75, 3.05) is 0 Å². The van der Waals surface area contributed by atoms with Crippen molar-refractivity contribution in [2.24, 2.45) is 7.05 Å². The Morgan fingerprint density at radius 1 is 1.55 bits per heavy atom. The lowest BCUT2D eigenvalue weighted by Gasteiger charge is -2.07. The Morgan fingerprint density at radius 2 is 2.35 bits per heavy atom. The first-order chi connectivity index (χ1) is 9.63. The molecule has 1 aliphatic rings. The lowest BCUT2D eigenvalue weighted by molar-refractivity contribution is 0.687. The van der Waals surface area contributed by atoms with Crippen molar-refractivity contribution in [3.05, 3.63) is 39.3 Å². The quantitative estimate of drug-likeness (QED) is 0.888. The number of nitrogens with zero attached hydrogens (tertiary/aromatic N) is 2. The summed E-state index contributed by atoms with van der Waals surface area (Å²) in [5.74, 6) is 0. The fourth-order valence-corrected chi connectivity index (χ4v) is 2.95. The summed E-state index contributed by atoms with van der Waals surface area (Å²) < 4.78 is 1.47. The van der Waals surface area contributed by atoms with Crippen molar-refractivity contribution >= 4 is 23.4 Å². The lowest BCUT2D eigenvalue weighted by atomic mass is 10.2. The molecule has 3 rings (SSSR count). The maximum atomic E-state index is 11.3. The maximum absolute atomic E-state index is 11.3. The summed E-state index contributed by atoms with van der Waals surface area (Å²) in [6, 6.07) is 6.60. The second-order valence-corrected chi connectivity index (χ2v) is 6.33. The summed E-state index contributed by atoms with van der Waals surface area (Å²) in [5, 5.41) is 11.2. The Morgan fingerprint density at radius 3 is 2.95 bits per heavy atom. The van der Waals surface area contributed by atoms with Crippen LogP contribution in [0.4, 0.5) is 0 Å². The minimum atomic E-state index is -0.219. The largest absolute Gasteiger partial charge is 0.343 e. The molecule has 2 aromatic rings. The van der Waals surface area contributed by atoms with Gasteiger partial charge in [-0.15, -0.1) is 5.10 Å². The monoisotopic (exact) mass is 310 g/mol. The molecule has 1 heterocycles. The van der Waals surface area contributed by atoms with E-state index in [-0.39, 0.29) is 5.69 Å². The molecule has 2 N–H and O–H groups in total. The van der Waals surface area contributed by atoms with Crippen LogP contribution >= 0.6 is 23.4 Å². The summed E-state index contributed by atoms with van der Waals surface area (Å²) in [7, 11) is 1.68. The zero-order chi connectivity index (χ0) is 14.1. The van der Waals surface area contributed by atoms with Gasteiger partial charge in [0.2, 0.25) is 0 Å². The lowest BCUT2D eigenvalue weighted by Crippen LogP contribution is -2.15. The van der Waals surface area contributed by atoms with E-state index in [9.17, 15) is 4.79 Å². The van der Waals surface area contributed by atoms with Gasteiger partial charge in [0.15, 0.2) is 5.16 Å². The molecule has 7 heteroatoms. The summed E-state index contributed by atoms with van der Waals surface area (Å²) in [6.07, 6.45) is 2.53. The highest BCUT2D eigenvalue weighted by Gasteiger charge is 2.20. The standard InChI is InChI=1S/C13H15ClN4OS/c1-18-12(19)16-17-13(18)20-10-5-2-8(11(14)6-10)7-15-9-3-4-9/h2,5-6,9,15H,3-4,7H2,1H3,(H,16,19). The van der Waals surface area contributed by atoms with Crippen molar-refractivity contribution in [1.29, 1.82) is 0 Å². The van der Waals surface area contributed by atoms with Crippen LogP contribution in [0.15, 0.2) is 33.0 Å². The molecule has 1 aromatic heterocycles. The van der Waals surface area contributed by atoms with Crippen LogP contribution in [0.5, 0.6) is 0 Å². The molecule has 1 aliphatic carbocycles. The topological polar surface area (TPSA) is 62.7 Å². The normalized spacial score (nSPS) is 14.7. The summed E-state index contributed by atoms with van der Waals surface area (Å²) >= 11 is 7.70. The zero-order valence-corrected chi connectivity index (χ0v) is 12.6. The predicted molar refractivity (Wildman–Crippen MR) is 79.3 cm³/mol. The third-order valence-electron chi connectivity index (χ3n) is 3.23. The van der Waals surface area contributed by atoms with Crippen molar-refractivity contribution in [3.8, 4) is 0 Å². The fraction of sp³-hybridized carbons (Fsp3) is 0.385. The van der Waals surface area contributed by atoms with E-state index < -0.39 is 0 Å². The minimum absolute atomic E-state index is 0.219. The first kappa shape index (κ1) is 13.7. The summed E-state index contributed by atoms with van der Waals surface area (Å²) in [4.78, 5) is 12.3. The van der Waals surface area contributed by atoms with Gasteiger partial charge >= 0.3 is 5.69 Å². The Kier molecular flexibility index (Phi) is 3.87. The third-order valence-corrected chi connectivity index (χ3v) is 4.62. The first-order valence-corrected chi connectivity index (χ1v) is 7.64. The van der Waals surface area contributed by atoms with Crippen molar-refractivity contribution < 1.29 is 0 Å². The number of hydrogen-bond donors (Lipinski definition) is 2. The van der Waals surface area contributed by atoms with E-state index in [1.165, 1.54) is 29.2 Å². The number of halogens is 1. The molecule has 5 nitrogen and oxygen atoms in total. The highest BCUT2D eigenvalue weighted by atomic mass is 35.5. The summed E-state index contributed by atoms with van der Waals surface area (Å²) in [6.45, 7) is 0.801. The molecule has 1 aromatic carbocycles. The SMILES string of the molecule is Cn1c(Sc2ccc(CNC3CC3)c(Cl)c2)n[nH]c1=O. The first-order valence-electron chi connectivity index (χ1n) is 6.44. The Labute approximate surface area is 125 Å². The fourth-order valence-electron chi connectivity index (χ4n) is 1.81. The Bertz CT molecular complexity index is 677. The van der Waals surface area contributed by atoms with Gasteiger partial charge in [-0.05, 0) is 42.3 Å². The summed E-state index contributed by atoms with van der Waals surface area (Å²) in [5.41, 5.74) is 0.877. The van der Waals surface area contributed by atoms with Gasteiger partial charge in [0.05, 0.1) is 0 Å². The van der Waals surface area contributed by atoms with E-state index in [2.05, 4.69) is 15.5 Å². The average molecular weight is 311 g/mol. The Balaban J connectivity index is 1.72. The zero-order valence-electron chi connectivity index (χ0n) is 11.0. The van der Waals surface area contributed by atoms with Gasteiger partial charge in [-0.3, -0.25) is 4.57 Å². The van der Waals surface area contributed by atoms with Crippen molar-refractivity contribution in [1.82, 2.24) is 20.1 Å². The number of aromatic nitrogens is 3. The van der Waals surface area contributed by atoms with E-state index in [0.717, 1.165) is 22.0 Å². The highest BCUT2D eigenvalue weighted by molar-refractivity contribution is 7.99. The van der Waals surface area contributed by atoms with Crippen LogP contribution in [0.25, 0.3) is 0 Å². The molecule has 0 radical (unpaired) electrons. The number of H-pyrrole nitrogens is 1. The van der Waals surface area contributed by atoms with Crippen molar-refractivity contribution in [3.63, 3.8) is 0 Å². The van der Waals surface area contributed by atoms with Gasteiger partial charge in [-0.1, -0.05) is 17.7 Å². The van der Waals surface area contributed by atoms with E-state index in [1.807, 2.05) is 18.2 Å². The number of nitrogens with one attached hydrogen (secondary N) is 2. The van der Waals surface area contributed by atoms with Crippen LogP contribution in [0.1, 0.15) is 18.4 Å². The minimum Gasteiger partial charge on any atom is -0.310 e. The van der Waals surface area contributed by atoms with E-state index in [4.69, 9.17) is 11.6 Å². The molecule has 0 bridgehead atoms. The van der Waals surface area contributed by atoms with Crippen LogP contribution < -0.4 is 11.0 Å². The van der Waals surface area contributed by atoms with Crippen LogP contribution in [0, 0.1) is 0 Å². The van der Waals surface area contributed by atoms with Gasteiger partial charge < -0.3 is 5.32 Å². The van der Waals surface area contributed by atoms with Crippen LogP contribution in [0.2, 0.25) is 5.02 Å². The molecule has 1 fully saturated rings. The predicted octanol–water partition coefficient (Wildman–Crippen LogP) is 2.16. The molecule has 0 saturated heterocycles. The molecule has 0 atom stereocenters. The molecule has 0 spiro atoms. The molecule has 0 aliphatic heterocycles. The molecule has 106 valence electrons. The van der Waals surface area contributed by atoms with Gasteiger partial charge in [-0.2, -0.15) is 0 Å². The van der Waals surface area contributed by atoms with Gasteiger partial charge in [0, 0.05) is 29.6 Å². The smallest absolute Gasteiger partial charge is 0.310 e. The molecular weight excluding hydrogens is 296 g/mol. The number of benzene rings is 1. The van der Waals surface area contributed by atoms with Gasteiger partial charge in [0.1, 0.15) is 0 Å². The van der Waals surface area contributed by atoms with Crippen molar-refractivity contribution in [2.45, 2.75) is 35.5 Å². The number of aromatic amines is 1. The van der Waals surface area contributed by atoms with Crippen LogP contribution in [-0.4, -0.2) is 20.8 Å². The molecule has 1 saturated carbocycles. The average Bonchev–Trinajstić information content (AvgIpc) is 3.20. The molecule has 20 heavy (non-hydrogen) atoms. The van der Waals surface area contributed by atoms with E-state index in [1.54, 1.807) is 7.05 Å². The van der Waals surface area contributed by atoms with Gasteiger partial charge in [-0.25, -0.2) is 9.89 Å². The molecule has 0 unspecified atom stereocenters. The van der Waals surface area contributed by atoms with Crippen LogP contribution in [0.3, 0.4) is 0 Å².